The summed E-state index contributed by atoms with van der Waals surface area (Å²) in [6, 6.07) is 11.1. The third-order valence-electron chi connectivity index (χ3n) is 3.96. The van der Waals surface area contributed by atoms with E-state index in [0.29, 0.717) is 22.4 Å². The van der Waals surface area contributed by atoms with Crippen LogP contribution in [0.1, 0.15) is 11.6 Å². The van der Waals surface area contributed by atoms with Crippen molar-refractivity contribution in [3.8, 4) is 11.3 Å². The van der Waals surface area contributed by atoms with Crippen molar-refractivity contribution in [3.63, 3.8) is 0 Å². The molecule has 146 valence electrons. The Kier molecular flexibility index (Phi) is 5.39. The van der Waals surface area contributed by atoms with Crippen molar-refractivity contribution in [2.24, 2.45) is 0 Å². The van der Waals surface area contributed by atoms with Gasteiger partial charge in [0.2, 0.25) is 5.89 Å². The average molecular weight is 422 g/mol. The summed E-state index contributed by atoms with van der Waals surface area (Å²) < 4.78 is 29.4. The highest BCUT2D eigenvalue weighted by Crippen LogP contribution is 2.32. The summed E-state index contributed by atoms with van der Waals surface area (Å²) in [5.41, 5.74) is 1.01. The molecule has 0 aliphatic heterocycles. The van der Waals surface area contributed by atoms with Crippen molar-refractivity contribution in [1.82, 2.24) is 4.98 Å². The van der Waals surface area contributed by atoms with Gasteiger partial charge in [0.25, 0.3) is 0 Å². The lowest BCUT2D eigenvalue weighted by atomic mass is 10.1. The van der Waals surface area contributed by atoms with Crippen LogP contribution in [-0.4, -0.2) is 24.6 Å². The SMILES string of the molecule is Cc1nc(CNc2cccc(S(C)(=O)=O)c2[N+](=O)[O-])oc1-c1ccc(Cl)cc1. The number of nitrogens with one attached hydrogen (secondary N) is 1. The summed E-state index contributed by atoms with van der Waals surface area (Å²) in [5.74, 6) is 0.870. The van der Waals surface area contributed by atoms with Crippen LogP contribution in [0.5, 0.6) is 0 Å². The molecule has 0 saturated heterocycles. The Morgan fingerprint density at radius 3 is 2.50 bits per heavy atom. The molecule has 10 heteroatoms. The first-order valence-corrected chi connectivity index (χ1v) is 10.4. The number of nitro groups is 1. The molecule has 0 amide bonds. The second-order valence-electron chi connectivity index (χ2n) is 6.06. The molecule has 28 heavy (non-hydrogen) atoms. The number of nitrogens with zero attached hydrogens (tertiary/aromatic N) is 2. The minimum Gasteiger partial charge on any atom is -0.438 e. The van der Waals surface area contributed by atoms with E-state index in [2.05, 4.69) is 10.3 Å². The summed E-state index contributed by atoms with van der Waals surface area (Å²) in [5, 5.41) is 14.9. The monoisotopic (exact) mass is 421 g/mol. The third-order valence-corrected chi connectivity index (χ3v) is 5.34. The maximum Gasteiger partial charge on any atom is 0.310 e. The number of anilines is 1. The van der Waals surface area contributed by atoms with Crippen molar-refractivity contribution < 1.29 is 17.8 Å². The zero-order valence-corrected chi connectivity index (χ0v) is 16.5. The smallest absolute Gasteiger partial charge is 0.310 e. The number of aryl methyl sites for hydroxylation is 1. The van der Waals surface area contributed by atoms with E-state index in [0.717, 1.165) is 11.8 Å². The van der Waals surface area contributed by atoms with Gasteiger partial charge >= 0.3 is 5.69 Å². The minimum absolute atomic E-state index is 0.0441. The van der Waals surface area contributed by atoms with Crippen LogP contribution in [0.15, 0.2) is 51.8 Å². The van der Waals surface area contributed by atoms with E-state index in [4.69, 9.17) is 16.0 Å². The third kappa shape index (κ3) is 4.15. The number of aromatic nitrogens is 1. The molecule has 0 saturated carbocycles. The van der Waals surface area contributed by atoms with Crippen LogP contribution >= 0.6 is 11.6 Å². The number of nitro benzene ring substituents is 1. The van der Waals surface area contributed by atoms with Gasteiger partial charge in [0.05, 0.1) is 17.2 Å². The number of para-hydroxylation sites is 1. The van der Waals surface area contributed by atoms with Crippen molar-refractivity contribution in [3.05, 3.63) is 69.2 Å². The average Bonchev–Trinajstić information content (AvgIpc) is 3.00. The number of hydrogen-bond donors (Lipinski definition) is 1. The van der Waals surface area contributed by atoms with Gasteiger partial charge in [-0.15, -0.1) is 0 Å². The number of hydrogen-bond acceptors (Lipinski definition) is 7. The standard InChI is InChI=1S/C18H16ClN3O5S/c1-11-18(12-6-8-13(19)9-7-12)27-16(21-11)10-20-14-4-3-5-15(28(2,25)26)17(14)22(23)24/h3-9,20H,10H2,1-2H3. The van der Waals surface area contributed by atoms with Gasteiger partial charge in [0.1, 0.15) is 10.6 Å². The number of halogens is 1. The Bertz CT molecular complexity index is 1140. The fraction of sp³-hybridized carbons (Fsp3) is 0.167. The normalized spacial score (nSPS) is 11.4. The maximum absolute atomic E-state index is 11.8. The van der Waals surface area contributed by atoms with Gasteiger partial charge in [-0.3, -0.25) is 10.1 Å². The second-order valence-corrected chi connectivity index (χ2v) is 8.48. The van der Waals surface area contributed by atoms with Crippen molar-refractivity contribution >= 4 is 32.8 Å². The van der Waals surface area contributed by atoms with Gasteiger partial charge in [0, 0.05) is 16.8 Å². The van der Waals surface area contributed by atoms with E-state index < -0.39 is 20.4 Å². The number of oxazole rings is 1. The summed E-state index contributed by atoms with van der Waals surface area (Å²) in [7, 11) is -3.76. The van der Waals surface area contributed by atoms with Gasteiger partial charge in [0.15, 0.2) is 15.6 Å². The summed E-state index contributed by atoms with van der Waals surface area (Å²) in [6.45, 7) is 1.83. The van der Waals surface area contributed by atoms with Crippen LogP contribution in [0.25, 0.3) is 11.3 Å². The minimum atomic E-state index is -3.76. The maximum atomic E-state index is 11.8. The number of rotatable bonds is 6. The predicted octanol–water partition coefficient (Wildman–Crippen LogP) is 4.23. The van der Waals surface area contributed by atoms with E-state index in [1.54, 1.807) is 31.2 Å². The van der Waals surface area contributed by atoms with Crippen LogP contribution in [0, 0.1) is 17.0 Å². The number of sulfone groups is 1. The van der Waals surface area contributed by atoms with Gasteiger partial charge in [-0.25, -0.2) is 13.4 Å². The molecule has 3 aromatic rings. The highest BCUT2D eigenvalue weighted by molar-refractivity contribution is 7.90. The Morgan fingerprint density at radius 1 is 1.21 bits per heavy atom. The molecule has 8 nitrogen and oxygen atoms in total. The van der Waals surface area contributed by atoms with Gasteiger partial charge in [-0.1, -0.05) is 17.7 Å². The molecular formula is C18H16ClN3O5S. The molecule has 0 atom stereocenters. The molecule has 1 aromatic heterocycles. The quantitative estimate of drug-likeness (QED) is 0.467. The van der Waals surface area contributed by atoms with Crippen LogP contribution in [0.4, 0.5) is 11.4 Å². The van der Waals surface area contributed by atoms with Crippen molar-refractivity contribution in [1.29, 1.82) is 0 Å². The van der Waals surface area contributed by atoms with E-state index in [1.807, 2.05) is 0 Å². The van der Waals surface area contributed by atoms with Crippen LogP contribution in [0.2, 0.25) is 5.02 Å². The molecule has 0 bridgehead atoms. The Labute approximate surface area is 166 Å². The topological polar surface area (TPSA) is 115 Å². The van der Waals surface area contributed by atoms with Crippen LogP contribution in [0.3, 0.4) is 0 Å². The van der Waals surface area contributed by atoms with E-state index in [1.165, 1.54) is 18.2 Å². The highest BCUT2D eigenvalue weighted by Gasteiger charge is 2.26. The first-order valence-electron chi connectivity index (χ1n) is 8.10. The predicted molar refractivity (Wildman–Crippen MR) is 105 cm³/mol. The largest absolute Gasteiger partial charge is 0.438 e. The van der Waals surface area contributed by atoms with Gasteiger partial charge < -0.3 is 9.73 Å². The van der Waals surface area contributed by atoms with Crippen molar-refractivity contribution in [2.45, 2.75) is 18.4 Å². The van der Waals surface area contributed by atoms with Gasteiger partial charge in [-0.05, 0) is 43.3 Å². The second kappa shape index (κ2) is 7.61. The van der Waals surface area contributed by atoms with E-state index in [-0.39, 0.29) is 17.1 Å². The van der Waals surface area contributed by atoms with Crippen LogP contribution in [-0.2, 0) is 16.4 Å². The molecule has 0 unspecified atom stereocenters. The molecule has 0 fully saturated rings. The molecule has 1 heterocycles. The fourth-order valence-corrected chi connectivity index (χ4v) is 3.71. The zero-order chi connectivity index (χ0) is 20.5. The number of benzene rings is 2. The molecule has 0 radical (unpaired) electrons. The first-order chi connectivity index (χ1) is 13.2. The molecule has 0 aliphatic carbocycles. The van der Waals surface area contributed by atoms with E-state index >= 15 is 0 Å². The molecule has 0 aliphatic rings. The molecule has 1 N–H and O–H groups in total. The summed E-state index contributed by atoms with van der Waals surface area (Å²) >= 11 is 5.89. The Balaban J connectivity index is 1.88. The fourth-order valence-electron chi connectivity index (χ4n) is 2.72. The van der Waals surface area contributed by atoms with E-state index in [9.17, 15) is 18.5 Å². The lowest BCUT2D eigenvalue weighted by Gasteiger charge is -2.08. The highest BCUT2D eigenvalue weighted by atomic mass is 35.5. The molecule has 2 aromatic carbocycles. The summed E-state index contributed by atoms with van der Waals surface area (Å²) in [6.07, 6.45) is 0.926. The molecule has 0 spiro atoms. The zero-order valence-electron chi connectivity index (χ0n) is 15.0. The lowest BCUT2D eigenvalue weighted by Crippen LogP contribution is -2.08. The molecular weight excluding hydrogens is 406 g/mol. The van der Waals surface area contributed by atoms with Crippen molar-refractivity contribution in [2.75, 3.05) is 11.6 Å². The first kappa shape index (κ1) is 19.8. The van der Waals surface area contributed by atoms with Gasteiger partial charge in [-0.2, -0.15) is 0 Å². The lowest BCUT2D eigenvalue weighted by molar-refractivity contribution is -0.386. The molecule has 3 rings (SSSR count). The summed E-state index contributed by atoms with van der Waals surface area (Å²) in [4.78, 5) is 14.7. The Morgan fingerprint density at radius 2 is 1.89 bits per heavy atom. The van der Waals surface area contributed by atoms with Crippen LogP contribution < -0.4 is 5.32 Å². The Hall–Kier alpha value is -2.91.